The van der Waals surface area contributed by atoms with E-state index in [-0.39, 0.29) is 18.2 Å². The SMILES string of the molecule is O=C(Cc1nn[nH]n1)N1CCCC(c2[nH]nc3ncccc23)C1. The number of aromatic nitrogens is 7. The summed E-state index contributed by atoms with van der Waals surface area (Å²) in [5.41, 5.74) is 1.78. The number of carbonyl (C=O) groups excluding carboxylic acids is 1. The van der Waals surface area contributed by atoms with Gasteiger partial charge in [0, 0.05) is 36.3 Å². The summed E-state index contributed by atoms with van der Waals surface area (Å²) in [4.78, 5) is 18.5. The summed E-state index contributed by atoms with van der Waals surface area (Å²) in [6.07, 6.45) is 3.89. The van der Waals surface area contributed by atoms with Gasteiger partial charge in [-0.25, -0.2) is 4.98 Å². The topological polar surface area (TPSA) is 116 Å². The van der Waals surface area contributed by atoms with E-state index in [2.05, 4.69) is 35.8 Å². The molecular weight excluding hydrogens is 296 g/mol. The van der Waals surface area contributed by atoms with Gasteiger partial charge in [-0.3, -0.25) is 9.89 Å². The van der Waals surface area contributed by atoms with E-state index in [0.29, 0.717) is 12.4 Å². The predicted octanol–water partition coefficient (Wildman–Crippen LogP) is 0.420. The first-order chi connectivity index (χ1) is 11.3. The number of nitrogens with zero attached hydrogens (tertiary/aromatic N) is 6. The van der Waals surface area contributed by atoms with E-state index in [0.717, 1.165) is 36.1 Å². The minimum absolute atomic E-state index is 0.0260. The highest BCUT2D eigenvalue weighted by atomic mass is 16.2. The molecule has 1 aliphatic rings. The molecule has 1 unspecified atom stereocenters. The van der Waals surface area contributed by atoms with E-state index in [4.69, 9.17) is 0 Å². The van der Waals surface area contributed by atoms with Gasteiger partial charge >= 0.3 is 0 Å². The van der Waals surface area contributed by atoms with Crippen molar-refractivity contribution in [1.82, 2.24) is 40.7 Å². The van der Waals surface area contributed by atoms with Gasteiger partial charge in [-0.1, -0.05) is 5.21 Å². The summed E-state index contributed by atoms with van der Waals surface area (Å²) in [6, 6.07) is 3.92. The molecule has 0 bridgehead atoms. The van der Waals surface area contributed by atoms with Crippen LogP contribution in [0.4, 0.5) is 0 Å². The van der Waals surface area contributed by atoms with Gasteiger partial charge in [-0.15, -0.1) is 10.2 Å². The summed E-state index contributed by atoms with van der Waals surface area (Å²) < 4.78 is 0. The number of aromatic amines is 2. The van der Waals surface area contributed by atoms with Crippen LogP contribution in [0.5, 0.6) is 0 Å². The first-order valence-corrected chi connectivity index (χ1v) is 7.60. The third kappa shape index (κ3) is 2.65. The molecule has 3 aromatic rings. The number of rotatable bonds is 3. The van der Waals surface area contributed by atoms with E-state index in [1.165, 1.54) is 0 Å². The van der Waals surface area contributed by atoms with Crippen LogP contribution in [0.15, 0.2) is 18.3 Å². The summed E-state index contributed by atoms with van der Waals surface area (Å²) in [5, 5.41) is 21.9. The normalized spacial score (nSPS) is 18.4. The summed E-state index contributed by atoms with van der Waals surface area (Å²) in [5.74, 6) is 0.693. The van der Waals surface area contributed by atoms with Crippen molar-refractivity contribution in [1.29, 1.82) is 0 Å². The second kappa shape index (κ2) is 5.75. The molecule has 0 aliphatic carbocycles. The number of piperidine rings is 1. The third-order valence-electron chi connectivity index (χ3n) is 4.24. The van der Waals surface area contributed by atoms with Gasteiger partial charge in [-0.2, -0.15) is 10.3 Å². The third-order valence-corrected chi connectivity index (χ3v) is 4.24. The number of carbonyl (C=O) groups is 1. The fourth-order valence-corrected chi connectivity index (χ4v) is 3.12. The van der Waals surface area contributed by atoms with E-state index in [1.807, 2.05) is 17.0 Å². The second-order valence-corrected chi connectivity index (χ2v) is 5.70. The van der Waals surface area contributed by atoms with Crippen LogP contribution in [0.2, 0.25) is 0 Å². The highest BCUT2D eigenvalue weighted by Gasteiger charge is 2.27. The standard InChI is InChI=1S/C14H16N8O/c23-12(7-11-16-20-21-17-11)22-6-2-3-9(8-22)13-10-4-1-5-15-14(10)19-18-13/h1,4-5,9H,2-3,6-8H2,(H,15,18,19)(H,16,17,20,21). The number of H-pyrrole nitrogens is 2. The first kappa shape index (κ1) is 13.8. The van der Waals surface area contributed by atoms with Gasteiger partial charge in [0.25, 0.3) is 0 Å². The molecule has 118 valence electrons. The zero-order chi connectivity index (χ0) is 15.6. The molecule has 1 aliphatic heterocycles. The largest absolute Gasteiger partial charge is 0.342 e. The van der Waals surface area contributed by atoms with Gasteiger partial charge in [0.2, 0.25) is 5.91 Å². The number of amides is 1. The second-order valence-electron chi connectivity index (χ2n) is 5.70. The lowest BCUT2D eigenvalue weighted by Gasteiger charge is -2.32. The van der Waals surface area contributed by atoms with Gasteiger partial charge in [0.1, 0.15) is 0 Å². The number of hydrogen-bond donors (Lipinski definition) is 2. The van der Waals surface area contributed by atoms with Crippen molar-refractivity contribution in [2.45, 2.75) is 25.2 Å². The minimum atomic E-state index is 0.0260. The zero-order valence-corrected chi connectivity index (χ0v) is 12.4. The number of fused-ring (bicyclic) bond motifs is 1. The molecule has 9 heteroatoms. The number of tetrazole rings is 1. The molecule has 9 nitrogen and oxygen atoms in total. The molecule has 1 amide bonds. The lowest BCUT2D eigenvalue weighted by Crippen LogP contribution is -2.40. The molecule has 0 aromatic carbocycles. The summed E-state index contributed by atoms with van der Waals surface area (Å²) >= 11 is 0. The smallest absolute Gasteiger partial charge is 0.230 e. The van der Waals surface area contributed by atoms with Crippen LogP contribution in [0.1, 0.15) is 30.3 Å². The van der Waals surface area contributed by atoms with Crippen molar-refractivity contribution in [3.63, 3.8) is 0 Å². The van der Waals surface area contributed by atoms with Crippen LogP contribution in [0.3, 0.4) is 0 Å². The van der Waals surface area contributed by atoms with Crippen LogP contribution < -0.4 is 0 Å². The Labute approximate surface area is 131 Å². The average Bonchev–Trinajstić information content (AvgIpc) is 3.24. The molecule has 3 aromatic heterocycles. The molecule has 1 atom stereocenters. The molecule has 23 heavy (non-hydrogen) atoms. The zero-order valence-electron chi connectivity index (χ0n) is 12.4. The Kier molecular flexibility index (Phi) is 3.45. The number of nitrogens with one attached hydrogen (secondary N) is 2. The molecule has 0 spiro atoms. The Hall–Kier alpha value is -2.84. The fraction of sp³-hybridized carbons (Fsp3) is 0.429. The first-order valence-electron chi connectivity index (χ1n) is 7.60. The van der Waals surface area contributed by atoms with Crippen molar-refractivity contribution >= 4 is 16.9 Å². The average molecular weight is 312 g/mol. The fourth-order valence-electron chi connectivity index (χ4n) is 3.12. The van der Waals surface area contributed by atoms with Crippen molar-refractivity contribution in [2.75, 3.05) is 13.1 Å². The minimum Gasteiger partial charge on any atom is -0.342 e. The van der Waals surface area contributed by atoms with Gasteiger partial charge < -0.3 is 4.90 Å². The number of pyridine rings is 1. The van der Waals surface area contributed by atoms with Crippen molar-refractivity contribution in [2.24, 2.45) is 0 Å². The summed E-state index contributed by atoms with van der Waals surface area (Å²) in [6.45, 7) is 1.43. The molecule has 1 fully saturated rings. The Morgan fingerprint density at radius 3 is 3.22 bits per heavy atom. The van der Waals surface area contributed by atoms with E-state index in [1.54, 1.807) is 6.20 Å². The van der Waals surface area contributed by atoms with Gasteiger partial charge in [-0.05, 0) is 25.0 Å². The van der Waals surface area contributed by atoms with Crippen molar-refractivity contribution < 1.29 is 4.79 Å². The highest BCUT2D eigenvalue weighted by Crippen LogP contribution is 2.30. The number of likely N-dealkylation sites (tertiary alicyclic amines) is 1. The molecule has 1 saturated heterocycles. The van der Waals surface area contributed by atoms with Crippen LogP contribution in [0.25, 0.3) is 11.0 Å². The van der Waals surface area contributed by atoms with Crippen LogP contribution in [-0.2, 0) is 11.2 Å². The van der Waals surface area contributed by atoms with E-state index >= 15 is 0 Å². The number of hydrogen-bond acceptors (Lipinski definition) is 6. The van der Waals surface area contributed by atoms with Crippen LogP contribution in [-0.4, -0.2) is 59.7 Å². The highest BCUT2D eigenvalue weighted by molar-refractivity contribution is 5.79. The molecule has 2 N–H and O–H groups in total. The maximum Gasteiger partial charge on any atom is 0.230 e. The Morgan fingerprint density at radius 2 is 2.35 bits per heavy atom. The van der Waals surface area contributed by atoms with E-state index < -0.39 is 0 Å². The van der Waals surface area contributed by atoms with Gasteiger partial charge in [0.05, 0.1) is 6.42 Å². The maximum atomic E-state index is 12.4. The molecule has 0 radical (unpaired) electrons. The van der Waals surface area contributed by atoms with Crippen molar-refractivity contribution in [3.8, 4) is 0 Å². The Morgan fingerprint density at radius 1 is 1.39 bits per heavy atom. The Balaban J connectivity index is 1.51. The molecule has 0 saturated carbocycles. The molecular formula is C14H16N8O. The lowest BCUT2D eigenvalue weighted by molar-refractivity contribution is -0.131. The predicted molar refractivity (Wildman–Crippen MR) is 80.3 cm³/mol. The van der Waals surface area contributed by atoms with Crippen LogP contribution in [0, 0.1) is 0 Å². The monoisotopic (exact) mass is 312 g/mol. The molecule has 4 heterocycles. The lowest BCUT2D eigenvalue weighted by atomic mass is 9.93. The quantitative estimate of drug-likeness (QED) is 0.724. The van der Waals surface area contributed by atoms with Crippen molar-refractivity contribution in [3.05, 3.63) is 29.8 Å². The molecule has 4 rings (SSSR count). The van der Waals surface area contributed by atoms with E-state index in [9.17, 15) is 4.79 Å². The maximum absolute atomic E-state index is 12.4. The van der Waals surface area contributed by atoms with Crippen LogP contribution >= 0.6 is 0 Å². The Bertz CT molecular complexity index is 811. The van der Waals surface area contributed by atoms with Gasteiger partial charge in [0.15, 0.2) is 11.5 Å². The summed E-state index contributed by atoms with van der Waals surface area (Å²) in [7, 11) is 0.